The van der Waals surface area contributed by atoms with E-state index in [0.29, 0.717) is 6.61 Å². The summed E-state index contributed by atoms with van der Waals surface area (Å²) in [7, 11) is 2.07. The molecule has 0 saturated heterocycles. The summed E-state index contributed by atoms with van der Waals surface area (Å²) in [5, 5.41) is 3.41. The van der Waals surface area contributed by atoms with Gasteiger partial charge in [0.25, 0.3) is 0 Å². The highest BCUT2D eigenvalue weighted by Crippen LogP contribution is 2.26. The summed E-state index contributed by atoms with van der Waals surface area (Å²) in [5.74, 6) is 0.955. The van der Waals surface area contributed by atoms with Crippen LogP contribution in [-0.4, -0.2) is 38.2 Å². The number of benzene rings is 1. The first kappa shape index (κ1) is 14.7. The zero-order valence-corrected chi connectivity index (χ0v) is 12.3. The Hall–Kier alpha value is -1.74. The third-order valence-corrected chi connectivity index (χ3v) is 3.39. The summed E-state index contributed by atoms with van der Waals surface area (Å²) in [5.41, 5.74) is 2.62. The zero-order chi connectivity index (χ0) is 14.2. The number of likely N-dealkylation sites (N-methyl/N-ethyl adjacent to an activating group) is 1. The SMILES string of the molecule is C=CCN(C)CC=CCOc1ccc2c(c1)CCCN2. The molecule has 0 fully saturated rings. The Labute approximate surface area is 121 Å². The molecule has 0 unspecified atom stereocenters. The highest BCUT2D eigenvalue weighted by atomic mass is 16.5. The average Bonchev–Trinajstić information content (AvgIpc) is 2.47. The van der Waals surface area contributed by atoms with Crippen LogP contribution >= 0.6 is 0 Å². The van der Waals surface area contributed by atoms with E-state index < -0.39 is 0 Å². The molecule has 1 heterocycles. The maximum atomic E-state index is 5.76. The topological polar surface area (TPSA) is 24.5 Å². The minimum Gasteiger partial charge on any atom is -0.490 e. The summed E-state index contributed by atoms with van der Waals surface area (Å²) in [6.07, 6.45) is 8.44. The molecule has 1 N–H and O–H groups in total. The number of nitrogens with zero attached hydrogens (tertiary/aromatic N) is 1. The Bertz CT molecular complexity index is 468. The van der Waals surface area contributed by atoms with Gasteiger partial charge in [-0.15, -0.1) is 6.58 Å². The largest absolute Gasteiger partial charge is 0.490 e. The monoisotopic (exact) mass is 272 g/mol. The number of anilines is 1. The van der Waals surface area contributed by atoms with Gasteiger partial charge in [-0.2, -0.15) is 0 Å². The molecule has 1 aromatic rings. The molecular formula is C17H24N2O. The van der Waals surface area contributed by atoms with Gasteiger partial charge in [-0.1, -0.05) is 18.2 Å². The maximum absolute atomic E-state index is 5.76. The van der Waals surface area contributed by atoms with E-state index in [9.17, 15) is 0 Å². The lowest BCUT2D eigenvalue weighted by Crippen LogP contribution is -2.17. The van der Waals surface area contributed by atoms with Crippen LogP contribution in [0.1, 0.15) is 12.0 Å². The molecule has 0 bridgehead atoms. The zero-order valence-electron chi connectivity index (χ0n) is 12.3. The van der Waals surface area contributed by atoms with E-state index in [1.165, 1.54) is 17.7 Å². The second-order valence-corrected chi connectivity index (χ2v) is 5.14. The Morgan fingerprint density at radius 1 is 1.35 bits per heavy atom. The second kappa shape index (κ2) is 7.75. The number of ether oxygens (including phenoxy) is 1. The molecule has 0 atom stereocenters. The van der Waals surface area contributed by atoms with Crippen LogP contribution in [0, 0.1) is 0 Å². The van der Waals surface area contributed by atoms with E-state index in [2.05, 4.69) is 48.1 Å². The first-order valence-electron chi connectivity index (χ1n) is 7.23. The molecule has 0 radical (unpaired) electrons. The van der Waals surface area contributed by atoms with E-state index in [0.717, 1.165) is 31.8 Å². The van der Waals surface area contributed by atoms with E-state index in [4.69, 9.17) is 4.74 Å². The quantitative estimate of drug-likeness (QED) is 0.772. The van der Waals surface area contributed by atoms with Gasteiger partial charge < -0.3 is 10.1 Å². The van der Waals surface area contributed by atoms with Crippen molar-refractivity contribution in [1.82, 2.24) is 4.90 Å². The van der Waals surface area contributed by atoms with E-state index in [1.807, 2.05) is 12.1 Å². The van der Waals surface area contributed by atoms with Crippen LogP contribution in [0.4, 0.5) is 5.69 Å². The predicted molar refractivity (Wildman–Crippen MR) is 85.6 cm³/mol. The second-order valence-electron chi connectivity index (χ2n) is 5.14. The van der Waals surface area contributed by atoms with Crippen LogP contribution < -0.4 is 10.1 Å². The van der Waals surface area contributed by atoms with Crippen molar-refractivity contribution in [3.63, 3.8) is 0 Å². The summed E-state index contributed by atoms with van der Waals surface area (Å²) in [6.45, 7) is 7.25. The van der Waals surface area contributed by atoms with Crippen LogP contribution in [0.5, 0.6) is 5.75 Å². The van der Waals surface area contributed by atoms with Gasteiger partial charge in [0.05, 0.1) is 0 Å². The molecule has 0 aromatic heterocycles. The molecule has 0 spiro atoms. The Balaban J connectivity index is 1.76. The summed E-state index contributed by atoms with van der Waals surface area (Å²) in [4.78, 5) is 2.19. The Morgan fingerprint density at radius 3 is 3.10 bits per heavy atom. The minimum absolute atomic E-state index is 0.619. The van der Waals surface area contributed by atoms with Gasteiger partial charge in [-0.05, 0) is 43.7 Å². The molecule has 2 rings (SSSR count). The molecule has 3 nitrogen and oxygen atoms in total. The number of nitrogens with one attached hydrogen (secondary N) is 1. The van der Waals surface area contributed by atoms with E-state index in [-0.39, 0.29) is 0 Å². The Morgan fingerprint density at radius 2 is 2.25 bits per heavy atom. The molecular weight excluding hydrogens is 248 g/mol. The summed E-state index contributed by atoms with van der Waals surface area (Å²) in [6, 6.07) is 6.30. The van der Waals surface area contributed by atoms with Gasteiger partial charge in [0.1, 0.15) is 12.4 Å². The van der Waals surface area contributed by atoms with Crippen molar-refractivity contribution in [2.75, 3.05) is 38.6 Å². The summed E-state index contributed by atoms with van der Waals surface area (Å²) < 4.78 is 5.76. The van der Waals surface area contributed by atoms with E-state index in [1.54, 1.807) is 0 Å². The lowest BCUT2D eigenvalue weighted by atomic mass is 10.0. The third-order valence-electron chi connectivity index (χ3n) is 3.39. The van der Waals surface area contributed by atoms with Crippen molar-refractivity contribution in [2.24, 2.45) is 0 Å². The van der Waals surface area contributed by atoms with Gasteiger partial charge >= 0.3 is 0 Å². The lowest BCUT2D eigenvalue weighted by Gasteiger charge is -2.18. The number of aryl methyl sites for hydroxylation is 1. The normalized spacial score (nSPS) is 14.1. The number of fused-ring (bicyclic) bond motifs is 1. The standard InChI is InChI=1S/C17H24N2O/c1-3-11-19(2)12-4-5-13-20-16-8-9-17-15(14-16)7-6-10-18-17/h3-5,8-9,14,18H,1,6-7,10-13H2,2H3. The van der Waals surface area contributed by atoms with Crippen molar-refractivity contribution in [1.29, 1.82) is 0 Å². The fourth-order valence-corrected chi connectivity index (χ4v) is 2.30. The van der Waals surface area contributed by atoms with Crippen LogP contribution in [0.3, 0.4) is 0 Å². The molecule has 0 saturated carbocycles. The average molecular weight is 272 g/mol. The lowest BCUT2D eigenvalue weighted by molar-refractivity contribution is 0.360. The van der Waals surface area contributed by atoms with Gasteiger partial charge in [0, 0.05) is 25.3 Å². The third kappa shape index (κ3) is 4.42. The molecule has 3 heteroatoms. The van der Waals surface area contributed by atoms with Crippen LogP contribution in [0.15, 0.2) is 43.0 Å². The molecule has 0 aliphatic carbocycles. The van der Waals surface area contributed by atoms with Crippen molar-refractivity contribution in [3.8, 4) is 5.75 Å². The highest BCUT2D eigenvalue weighted by molar-refractivity contribution is 5.55. The molecule has 20 heavy (non-hydrogen) atoms. The molecule has 0 amide bonds. The van der Waals surface area contributed by atoms with Crippen LogP contribution in [0.25, 0.3) is 0 Å². The molecule has 108 valence electrons. The number of hydrogen-bond acceptors (Lipinski definition) is 3. The number of hydrogen-bond donors (Lipinski definition) is 1. The van der Waals surface area contributed by atoms with Crippen molar-refractivity contribution in [3.05, 3.63) is 48.6 Å². The molecule has 1 aliphatic heterocycles. The van der Waals surface area contributed by atoms with Gasteiger partial charge in [-0.25, -0.2) is 0 Å². The predicted octanol–water partition coefficient (Wildman–Crippen LogP) is 3.10. The minimum atomic E-state index is 0.619. The first-order valence-corrected chi connectivity index (χ1v) is 7.23. The highest BCUT2D eigenvalue weighted by Gasteiger charge is 2.08. The van der Waals surface area contributed by atoms with Crippen LogP contribution in [-0.2, 0) is 6.42 Å². The van der Waals surface area contributed by atoms with Gasteiger partial charge in [0.15, 0.2) is 0 Å². The molecule has 1 aromatic carbocycles. The van der Waals surface area contributed by atoms with Crippen LogP contribution in [0.2, 0.25) is 0 Å². The number of rotatable bonds is 7. The maximum Gasteiger partial charge on any atom is 0.120 e. The van der Waals surface area contributed by atoms with Gasteiger partial charge in [0.2, 0.25) is 0 Å². The van der Waals surface area contributed by atoms with Crippen molar-refractivity contribution in [2.45, 2.75) is 12.8 Å². The van der Waals surface area contributed by atoms with Crippen molar-refractivity contribution < 1.29 is 4.74 Å². The van der Waals surface area contributed by atoms with E-state index >= 15 is 0 Å². The molecule has 1 aliphatic rings. The van der Waals surface area contributed by atoms with Gasteiger partial charge in [-0.3, -0.25) is 4.90 Å². The summed E-state index contributed by atoms with van der Waals surface area (Å²) >= 11 is 0. The fourth-order valence-electron chi connectivity index (χ4n) is 2.30. The first-order chi connectivity index (χ1) is 9.79. The van der Waals surface area contributed by atoms with Crippen molar-refractivity contribution >= 4 is 5.69 Å². The Kier molecular flexibility index (Phi) is 5.69. The smallest absolute Gasteiger partial charge is 0.120 e. The fraction of sp³-hybridized carbons (Fsp3) is 0.412.